The molecule has 0 bridgehead atoms. The molecule has 5 nitrogen and oxygen atoms in total. The number of carbonyl (C=O) groups is 1. The summed E-state index contributed by atoms with van der Waals surface area (Å²) in [5, 5.41) is 19.4. The minimum absolute atomic E-state index is 0.124. The molecule has 6 heteroatoms. The Balaban J connectivity index is 3.07. The number of carbonyl (C=O) groups excluding carboxylic acids is 1. The van der Waals surface area contributed by atoms with E-state index in [0.29, 0.717) is 16.3 Å². The van der Waals surface area contributed by atoms with Gasteiger partial charge in [-0.15, -0.1) is 0 Å². The van der Waals surface area contributed by atoms with Crippen molar-refractivity contribution in [2.45, 2.75) is 26.1 Å². The molecule has 1 aromatic carbocycles. The first kappa shape index (κ1) is 16.8. The fourth-order valence-corrected chi connectivity index (χ4v) is 2.07. The van der Waals surface area contributed by atoms with Crippen LogP contribution >= 0.6 is 11.6 Å². The zero-order chi connectivity index (χ0) is 15.3. The van der Waals surface area contributed by atoms with Crippen molar-refractivity contribution in [1.29, 1.82) is 0 Å². The summed E-state index contributed by atoms with van der Waals surface area (Å²) in [4.78, 5) is 13.9. The van der Waals surface area contributed by atoms with E-state index in [1.54, 1.807) is 26.0 Å². The van der Waals surface area contributed by atoms with Crippen molar-refractivity contribution >= 4 is 17.5 Å². The number of hydrogen-bond donors (Lipinski definition) is 2. The van der Waals surface area contributed by atoms with Gasteiger partial charge in [-0.3, -0.25) is 4.79 Å². The first-order valence-corrected chi connectivity index (χ1v) is 6.72. The quantitative estimate of drug-likeness (QED) is 0.836. The molecule has 0 unspecified atom stereocenters. The zero-order valence-electron chi connectivity index (χ0n) is 11.8. The number of amides is 1. The normalized spacial score (nSPS) is 13.7. The summed E-state index contributed by atoms with van der Waals surface area (Å²) in [5.74, 6) is 0.0618. The molecule has 0 aromatic heterocycles. The fourth-order valence-electron chi connectivity index (χ4n) is 1.90. The molecule has 0 fully saturated rings. The number of aliphatic hydroxyl groups is 2. The van der Waals surface area contributed by atoms with E-state index in [2.05, 4.69) is 0 Å². The molecule has 0 saturated carbocycles. The predicted octanol–water partition coefficient (Wildman–Crippen LogP) is 1.55. The van der Waals surface area contributed by atoms with E-state index in [4.69, 9.17) is 16.3 Å². The molecule has 1 amide bonds. The second-order valence-corrected chi connectivity index (χ2v) is 5.19. The number of halogens is 1. The van der Waals surface area contributed by atoms with Gasteiger partial charge < -0.3 is 19.8 Å². The topological polar surface area (TPSA) is 70.0 Å². The van der Waals surface area contributed by atoms with Crippen molar-refractivity contribution in [2.24, 2.45) is 0 Å². The monoisotopic (exact) mass is 301 g/mol. The lowest BCUT2D eigenvalue weighted by atomic mass is 10.1. The van der Waals surface area contributed by atoms with Crippen molar-refractivity contribution in [3.05, 3.63) is 28.8 Å². The average Bonchev–Trinajstić information content (AvgIpc) is 2.36. The zero-order valence-corrected chi connectivity index (χ0v) is 12.6. The van der Waals surface area contributed by atoms with Gasteiger partial charge in [-0.25, -0.2) is 0 Å². The van der Waals surface area contributed by atoms with E-state index in [1.807, 2.05) is 0 Å². The highest BCUT2D eigenvalue weighted by molar-refractivity contribution is 6.31. The first-order valence-electron chi connectivity index (χ1n) is 6.34. The van der Waals surface area contributed by atoms with Gasteiger partial charge in [-0.1, -0.05) is 11.6 Å². The predicted molar refractivity (Wildman–Crippen MR) is 77.3 cm³/mol. The Kier molecular flexibility index (Phi) is 6.26. The van der Waals surface area contributed by atoms with Crippen LogP contribution in [0.4, 0.5) is 0 Å². The number of ether oxygens (including phenoxy) is 1. The van der Waals surface area contributed by atoms with Crippen LogP contribution in [0.3, 0.4) is 0 Å². The van der Waals surface area contributed by atoms with Gasteiger partial charge in [0.1, 0.15) is 5.75 Å². The standard InChI is InChI=1S/C14H20ClNO4/c1-9(17)7-16(8-10(2)18)14(19)12-6-11(15)4-5-13(12)20-3/h4-6,9-10,17-18H,7-8H2,1-3H3/t9-,10+. The maximum atomic E-state index is 12.5. The molecule has 1 rings (SSSR count). The number of methoxy groups -OCH3 is 1. The maximum absolute atomic E-state index is 12.5. The van der Waals surface area contributed by atoms with Crippen molar-refractivity contribution in [3.8, 4) is 5.75 Å². The van der Waals surface area contributed by atoms with Crippen LogP contribution in [-0.2, 0) is 0 Å². The van der Waals surface area contributed by atoms with Crippen LogP contribution < -0.4 is 4.74 Å². The second-order valence-electron chi connectivity index (χ2n) is 4.75. The van der Waals surface area contributed by atoms with E-state index in [1.165, 1.54) is 18.1 Å². The summed E-state index contributed by atoms with van der Waals surface area (Å²) in [6, 6.07) is 4.75. The Labute approximate surface area is 123 Å². The van der Waals surface area contributed by atoms with Crippen LogP contribution in [0.25, 0.3) is 0 Å². The van der Waals surface area contributed by atoms with E-state index in [9.17, 15) is 15.0 Å². The summed E-state index contributed by atoms with van der Waals surface area (Å²) >= 11 is 5.91. The summed E-state index contributed by atoms with van der Waals surface area (Å²) in [7, 11) is 1.47. The minimum atomic E-state index is -0.692. The Hall–Kier alpha value is -1.30. The Morgan fingerprint density at radius 1 is 1.30 bits per heavy atom. The Morgan fingerprint density at radius 2 is 1.85 bits per heavy atom. The van der Waals surface area contributed by atoms with Crippen molar-refractivity contribution in [2.75, 3.05) is 20.2 Å². The molecule has 20 heavy (non-hydrogen) atoms. The highest BCUT2D eigenvalue weighted by atomic mass is 35.5. The van der Waals surface area contributed by atoms with Crippen LogP contribution in [-0.4, -0.2) is 53.4 Å². The van der Waals surface area contributed by atoms with Crippen molar-refractivity contribution < 1.29 is 19.7 Å². The van der Waals surface area contributed by atoms with Crippen LogP contribution in [0.1, 0.15) is 24.2 Å². The fraction of sp³-hybridized carbons (Fsp3) is 0.500. The smallest absolute Gasteiger partial charge is 0.257 e. The summed E-state index contributed by atoms with van der Waals surface area (Å²) in [6.07, 6.45) is -1.38. The number of benzene rings is 1. The van der Waals surface area contributed by atoms with Crippen molar-refractivity contribution in [3.63, 3.8) is 0 Å². The second kappa shape index (κ2) is 7.47. The molecule has 0 radical (unpaired) electrons. The molecule has 1 aromatic rings. The summed E-state index contributed by atoms with van der Waals surface area (Å²) in [6.45, 7) is 3.41. The molecule has 0 heterocycles. The lowest BCUT2D eigenvalue weighted by molar-refractivity contribution is 0.0515. The van der Waals surface area contributed by atoms with E-state index in [0.717, 1.165) is 0 Å². The average molecular weight is 302 g/mol. The van der Waals surface area contributed by atoms with E-state index in [-0.39, 0.29) is 19.0 Å². The number of aliphatic hydroxyl groups excluding tert-OH is 2. The molecule has 0 aliphatic rings. The number of hydrogen-bond acceptors (Lipinski definition) is 4. The molecule has 0 saturated heterocycles. The van der Waals surface area contributed by atoms with Gasteiger partial charge in [-0.05, 0) is 32.0 Å². The van der Waals surface area contributed by atoms with Crippen LogP contribution in [0.5, 0.6) is 5.75 Å². The SMILES string of the molecule is COc1ccc(Cl)cc1C(=O)N(C[C@H](C)O)C[C@@H](C)O. The van der Waals surface area contributed by atoms with Gasteiger partial charge in [0, 0.05) is 18.1 Å². The highest BCUT2D eigenvalue weighted by Gasteiger charge is 2.22. The van der Waals surface area contributed by atoms with E-state index >= 15 is 0 Å². The van der Waals surface area contributed by atoms with Gasteiger partial charge >= 0.3 is 0 Å². The molecular formula is C14H20ClNO4. The van der Waals surface area contributed by atoms with Crippen LogP contribution in [0.2, 0.25) is 5.02 Å². The first-order chi connectivity index (χ1) is 9.35. The molecule has 112 valence electrons. The number of nitrogens with zero attached hydrogens (tertiary/aromatic N) is 1. The minimum Gasteiger partial charge on any atom is -0.496 e. The Bertz CT molecular complexity index is 452. The third-order valence-corrected chi connectivity index (χ3v) is 2.88. The lowest BCUT2D eigenvalue weighted by Crippen LogP contribution is -2.40. The molecule has 2 N–H and O–H groups in total. The van der Waals surface area contributed by atoms with Crippen molar-refractivity contribution in [1.82, 2.24) is 4.90 Å². The van der Waals surface area contributed by atoms with Gasteiger partial charge in [0.25, 0.3) is 5.91 Å². The molecule has 0 spiro atoms. The molecule has 2 atom stereocenters. The largest absolute Gasteiger partial charge is 0.496 e. The summed E-state index contributed by atoms with van der Waals surface area (Å²) < 4.78 is 5.15. The van der Waals surface area contributed by atoms with Gasteiger partial charge in [-0.2, -0.15) is 0 Å². The molecular weight excluding hydrogens is 282 g/mol. The highest BCUT2D eigenvalue weighted by Crippen LogP contribution is 2.24. The van der Waals surface area contributed by atoms with Gasteiger partial charge in [0.2, 0.25) is 0 Å². The Morgan fingerprint density at radius 3 is 2.30 bits per heavy atom. The third kappa shape index (κ3) is 4.67. The maximum Gasteiger partial charge on any atom is 0.257 e. The lowest BCUT2D eigenvalue weighted by Gasteiger charge is -2.26. The third-order valence-electron chi connectivity index (χ3n) is 2.65. The van der Waals surface area contributed by atoms with E-state index < -0.39 is 12.2 Å². The van der Waals surface area contributed by atoms with Gasteiger partial charge in [0.05, 0.1) is 24.9 Å². The van der Waals surface area contributed by atoms with Gasteiger partial charge in [0.15, 0.2) is 0 Å². The number of rotatable bonds is 6. The summed E-state index contributed by atoms with van der Waals surface area (Å²) in [5.41, 5.74) is 0.307. The van der Waals surface area contributed by atoms with Crippen LogP contribution in [0.15, 0.2) is 18.2 Å². The molecule has 0 aliphatic carbocycles. The van der Waals surface area contributed by atoms with Crippen LogP contribution in [0, 0.1) is 0 Å². The molecule has 0 aliphatic heterocycles.